The third-order valence-corrected chi connectivity index (χ3v) is 2.91. The van der Waals surface area contributed by atoms with Crippen molar-refractivity contribution >= 4 is 0 Å². The highest BCUT2D eigenvalue weighted by atomic mass is 16.7. The molecule has 0 saturated heterocycles. The van der Waals surface area contributed by atoms with Crippen molar-refractivity contribution in [2.75, 3.05) is 20.5 Å². The van der Waals surface area contributed by atoms with E-state index in [9.17, 15) is 0 Å². The Bertz CT molecular complexity index is 312. The number of benzene rings is 1. The Morgan fingerprint density at radius 3 is 2.50 bits per heavy atom. The van der Waals surface area contributed by atoms with Crippen molar-refractivity contribution in [3.8, 4) is 5.75 Å². The summed E-state index contributed by atoms with van der Waals surface area (Å²) >= 11 is 0. The van der Waals surface area contributed by atoms with Crippen molar-refractivity contribution in [1.82, 2.24) is 0 Å². The molecule has 0 fully saturated rings. The molecule has 102 valence electrons. The summed E-state index contributed by atoms with van der Waals surface area (Å²) in [5, 5.41) is 8.69. The quantitative estimate of drug-likeness (QED) is 0.513. The molecule has 0 aromatic heterocycles. The fourth-order valence-corrected chi connectivity index (χ4v) is 1.93. The molecule has 0 atom stereocenters. The molecule has 1 N–H and O–H groups in total. The molecule has 0 radical (unpaired) electrons. The highest BCUT2D eigenvalue weighted by Gasteiger charge is 2.02. The number of methoxy groups -OCH3 is 1. The minimum absolute atomic E-state index is 0.299. The van der Waals surface area contributed by atoms with Gasteiger partial charge in [-0.3, -0.25) is 0 Å². The van der Waals surface area contributed by atoms with Gasteiger partial charge in [-0.2, -0.15) is 0 Å². The normalized spacial score (nSPS) is 10.6. The van der Waals surface area contributed by atoms with E-state index in [4.69, 9.17) is 14.6 Å². The second-order valence-corrected chi connectivity index (χ2v) is 4.40. The van der Waals surface area contributed by atoms with Crippen LogP contribution >= 0.6 is 0 Å². The first-order valence-corrected chi connectivity index (χ1v) is 6.69. The van der Waals surface area contributed by atoms with E-state index in [0.29, 0.717) is 13.4 Å². The molecule has 0 bridgehead atoms. The monoisotopic (exact) mass is 252 g/mol. The molecule has 0 aliphatic rings. The van der Waals surface area contributed by atoms with Crippen LogP contribution in [0.1, 0.15) is 37.7 Å². The molecule has 3 heteroatoms. The maximum absolute atomic E-state index is 8.69. The predicted octanol–water partition coefficient (Wildman–Crippen LogP) is 3.15. The highest BCUT2D eigenvalue weighted by molar-refractivity contribution is 5.33. The first-order chi connectivity index (χ1) is 8.88. The van der Waals surface area contributed by atoms with Crippen molar-refractivity contribution in [3.63, 3.8) is 0 Å². The first-order valence-electron chi connectivity index (χ1n) is 6.69. The molecule has 0 amide bonds. The molecular formula is C15H24O3. The van der Waals surface area contributed by atoms with Crippen LogP contribution in [0.2, 0.25) is 0 Å². The molecule has 1 aromatic carbocycles. The predicted molar refractivity (Wildman–Crippen MR) is 72.8 cm³/mol. The molecule has 0 spiro atoms. The Morgan fingerprint density at radius 1 is 1.00 bits per heavy atom. The van der Waals surface area contributed by atoms with Gasteiger partial charge in [0.25, 0.3) is 0 Å². The maximum Gasteiger partial charge on any atom is 0.188 e. The largest absolute Gasteiger partial charge is 0.467 e. The SMILES string of the molecule is COCOc1ccccc1CCCCCCCO. The van der Waals surface area contributed by atoms with Crippen LogP contribution in [0.5, 0.6) is 5.75 Å². The van der Waals surface area contributed by atoms with Gasteiger partial charge in [-0.05, 0) is 30.9 Å². The molecule has 1 rings (SSSR count). The average Bonchev–Trinajstić information content (AvgIpc) is 2.41. The number of aryl methyl sites for hydroxylation is 1. The van der Waals surface area contributed by atoms with Gasteiger partial charge in [0.05, 0.1) is 0 Å². The Hall–Kier alpha value is -1.06. The lowest BCUT2D eigenvalue weighted by Crippen LogP contribution is -2.01. The summed E-state index contributed by atoms with van der Waals surface area (Å²) < 4.78 is 10.5. The van der Waals surface area contributed by atoms with E-state index < -0.39 is 0 Å². The molecule has 0 heterocycles. The summed E-state index contributed by atoms with van der Waals surface area (Å²) in [6.07, 6.45) is 6.66. The van der Waals surface area contributed by atoms with E-state index >= 15 is 0 Å². The van der Waals surface area contributed by atoms with Gasteiger partial charge >= 0.3 is 0 Å². The number of aliphatic hydroxyl groups excluding tert-OH is 1. The number of ether oxygens (including phenoxy) is 2. The Labute approximate surface area is 110 Å². The molecule has 0 aliphatic heterocycles. The van der Waals surface area contributed by atoms with Gasteiger partial charge in [0, 0.05) is 13.7 Å². The van der Waals surface area contributed by atoms with Crippen molar-refractivity contribution in [2.45, 2.75) is 38.5 Å². The molecule has 18 heavy (non-hydrogen) atoms. The number of rotatable bonds is 10. The second-order valence-electron chi connectivity index (χ2n) is 4.40. The molecular weight excluding hydrogens is 228 g/mol. The van der Waals surface area contributed by atoms with Gasteiger partial charge in [-0.1, -0.05) is 37.5 Å². The van der Waals surface area contributed by atoms with Gasteiger partial charge in [-0.25, -0.2) is 0 Å². The standard InChI is InChI=1S/C15H24O3/c1-17-13-18-15-11-7-6-10-14(15)9-5-3-2-4-8-12-16/h6-7,10-11,16H,2-5,8-9,12-13H2,1H3. The van der Waals surface area contributed by atoms with Crippen LogP contribution in [0.4, 0.5) is 0 Å². The summed E-state index contributed by atoms with van der Waals surface area (Å²) in [5.74, 6) is 0.926. The molecule has 1 aromatic rings. The van der Waals surface area contributed by atoms with E-state index in [2.05, 4.69) is 6.07 Å². The number of aliphatic hydroxyl groups is 1. The highest BCUT2D eigenvalue weighted by Crippen LogP contribution is 2.20. The van der Waals surface area contributed by atoms with Crippen LogP contribution in [-0.2, 0) is 11.2 Å². The van der Waals surface area contributed by atoms with Gasteiger partial charge in [0.1, 0.15) is 5.75 Å². The zero-order valence-electron chi connectivity index (χ0n) is 11.2. The third-order valence-electron chi connectivity index (χ3n) is 2.91. The smallest absolute Gasteiger partial charge is 0.188 e. The van der Waals surface area contributed by atoms with Crippen molar-refractivity contribution in [2.24, 2.45) is 0 Å². The number of para-hydroxylation sites is 1. The Balaban J connectivity index is 2.27. The van der Waals surface area contributed by atoms with Gasteiger partial charge in [0.2, 0.25) is 0 Å². The van der Waals surface area contributed by atoms with E-state index in [0.717, 1.165) is 25.0 Å². The molecule has 3 nitrogen and oxygen atoms in total. The lowest BCUT2D eigenvalue weighted by molar-refractivity contribution is 0.0504. The van der Waals surface area contributed by atoms with Crippen molar-refractivity contribution in [3.05, 3.63) is 29.8 Å². The summed E-state index contributed by atoms with van der Waals surface area (Å²) in [7, 11) is 1.63. The van der Waals surface area contributed by atoms with Gasteiger partial charge in [-0.15, -0.1) is 0 Å². The molecule has 0 aliphatic carbocycles. The lowest BCUT2D eigenvalue weighted by Gasteiger charge is -2.10. The van der Waals surface area contributed by atoms with E-state index in [1.54, 1.807) is 7.11 Å². The summed E-state index contributed by atoms with van der Waals surface area (Å²) in [6, 6.07) is 8.12. The number of hydrogen-bond acceptors (Lipinski definition) is 3. The van der Waals surface area contributed by atoms with Crippen LogP contribution in [0, 0.1) is 0 Å². The number of hydrogen-bond donors (Lipinski definition) is 1. The van der Waals surface area contributed by atoms with Gasteiger partial charge < -0.3 is 14.6 Å². The van der Waals surface area contributed by atoms with Crippen LogP contribution in [-0.4, -0.2) is 25.6 Å². The summed E-state index contributed by atoms with van der Waals surface area (Å²) in [6.45, 7) is 0.612. The average molecular weight is 252 g/mol. The second kappa shape index (κ2) is 9.92. The minimum Gasteiger partial charge on any atom is -0.467 e. The van der Waals surface area contributed by atoms with E-state index in [1.807, 2.05) is 18.2 Å². The fraction of sp³-hybridized carbons (Fsp3) is 0.600. The van der Waals surface area contributed by atoms with Crippen LogP contribution in [0.15, 0.2) is 24.3 Å². The van der Waals surface area contributed by atoms with Crippen LogP contribution in [0.25, 0.3) is 0 Å². The van der Waals surface area contributed by atoms with Crippen molar-refractivity contribution < 1.29 is 14.6 Å². The molecule has 0 saturated carbocycles. The zero-order chi connectivity index (χ0) is 13.1. The lowest BCUT2D eigenvalue weighted by atomic mass is 10.0. The van der Waals surface area contributed by atoms with E-state index in [-0.39, 0.29) is 0 Å². The van der Waals surface area contributed by atoms with Crippen LogP contribution < -0.4 is 4.74 Å². The minimum atomic E-state index is 0.299. The Morgan fingerprint density at radius 2 is 1.72 bits per heavy atom. The molecule has 0 unspecified atom stereocenters. The zero-order valence-corrected chi connectivity index (χ0v) is 11.2. The number of unbranched alkanes of at least 4 members (excludes halogenated alkanes) is 4. The van der Waals surface area contributed by atoms with Gasteiger partial charge in [0.15, 0.2) is 6.79 Å². The fourth-order valence-electron chi connectivity index (χ4n) is 1.93. The third kappa shape index (κ3) is 6.03. The van der Waals surface area contributed by atoms with Crippen LogP contribution in [0.3, 0.4) is 0 Å². The topological polar surface area (TPSA) is 38.7 Å². The van der Waals surface area contributed by atoms with Crippen molar-refractivity contribution in [1.29, 1.82) is 0 Å². The maximum atomic E-state index is 8.69. The summed E-state index contributed by atoms with van der Waals surface area (Å²) in [5.41, 5.74) is 1.25. The first kappa shape index (κ1) is 15.0. The van der Waals surface area contributed by atoms with E-state index in [1.165, 1.54) is 24.8 Å². The summed E-state index contributed by atoms with van der Waals surface area (Å²) in [4.78, 5) is 0. The Kier molecular flexibility index (Phi) is 8.26.